The highest BCUT2D eigenvalue weighted by atomic mass is 16.2. The molecule has 1 aliphatic rings. The fraction of sp³-hybridized carbons (Fsp3) is 0.562. The van der Waals surface area contributed by atoms with Gasteiger partial charge in [0.2, 0.25) is 5.91 Å². The maximum atomic E-state index is 12.5. The number of carbonyl (C=O) groups excluding carboxylic acids is 1. The molecule has 19 heavy (non-hydrogen) atoms. The maximum Gasteiger partial charge on any atom is 0.227 e. The van der Waals surface area contributed by atoms with E-state index in [0.29, 0.717) is 12.5 Å². The SMILES string of the molecule is CCC1CCCCCN1C(=O)Cc1ccccc1N. The van der Waals surface area contributed by atoms with E-state index in [0.717, 1.165) is 37.1 Å². The molecule has 0 saturated carbocycles. The number of amides is 1. The summed E-state index contributed by atoms with van der Waals surface area (Å²) in [5.41, 5.74) is 7.60. The molecule has 1 atom stereocenters. The van der Waals surface area contributed by atoms with Crippen molar-refractivity contribution in [3.63, 3.8) is 0 Å². The molecule has 104 valence electrons. The molecule has 1 saturated heterocycles. The van der Waals surface area contributed by atoms with Gasteiger partial charge in [-0.1, -0.05) is 38.0 Å². The van der Waals surface area contributed by atoms with Crippen LogP contribution < -0.4 is 5.73 Å². The molecule has 1 unspecified atom stereocenters. The zero-order valence-corrected chi connectivity index (χ0v) is 11.8. The number of nitrogen functional groups attached to an aromatic ring is 1. The van der Waals surface area contributed by atoms with Gasteiger partial charge in [-0.15, -0.1) is 0 Å². The highest BCUT2D eigenvalue weighted by Crippen LogP contribution is 2.21. The van der Waals surface area contributed by atoms with Gasteiger partial charge in [0.05, 0.1) is 6.42 Å². The predicted molar refractivity (Wildman–Crippen MR) is 78.8 cm³/mol. The Morgan fingerprint density at radius 3 is 2.84 bits per heavy atom. The van der Waals surface area contributed by atoms with Crippen LogP contribution in [0.4, 0.5) is 5.69 Å². The number of para-hydroxylation sites is 1. The molecule has 2 rings (SSSR count). The van der Waals surface area contributed by atoms with Crippen LogP contribution in [0.2, 0.25) is 0 Å². The third kappa shape index (κ3) is 3.49. The van der Waals surface area contributed by atoms with Crippen LogP contribution >= 0.6 is 0 Å². The molecule has 0 spiro atoms. The van der Waals surface area contributed by atoms with Crippen LogP contribution in [0.3, 0.4) is 0 Å². The summed E-state index contributed by atoms with van der Waals surface area (Å²) in [4.78, 5) is 14.6. The molecule has 1 aromatic rings. The van der Waals surface area contributed by atoms with E-state index in [1.165, 1.54) is 12.8 Å². The molecule has 2 N–H and O–H groups in total. The van der Waals surface area contributed by atoms with Crippen LogP contribution in [0.25, 0.3) is 0 Å². The van der Waals surface area contributed by atoms with Gasteiger partial charge in [0.15, 0.2) is 0 Å². The number of likely N-dealkylation sites (tertiary alicyclic amines) is 1. The lowest BCUT2D eigenvalue weighted by Gasteiger charge is -2.29. The van der Waals surface area contributed by atoms with Crippen molar-refractivity contribution in [3.05, 3.63) is 29.8 Å². The van der Waals surface area contributed by atoms with Crippen molar-refractivity contribution >= 4 is 11.6 Å². The van der Waals surface area contributed by atoms with Gasteiger partial charge >= 0.3 is 0 Å². The van der Waals surface area contributed by atoms with Crippen LogP contribution in [-0.4, -0.2) is 23.4 Å². The van der Waals surface area contributed by atoms with Crippen molar-refractivity contribution in [3.8, 4) is 0 Å². The molecule has 1 fully saturated rings. The van der Waals surface area contributed by atoms with Crippen LogP contribution in [0, 0.1) is 0 Å². The van der Waals surface area contributed by atoms with Gasteiger partial charge in [0.1, 0.15) is 0 Å². The largest absolute Gasteiger partial charge is 0.398 e. The number of benzene rings is 1. The summed E-state index contributed by atoms with van der Waals surface area (Å²) in [6, 6.07) is 8.08. The zero-order chi connectivity index (χ0) is 13.7. The van der Waals surface area contributed by atoms with Crippen LogP contribution in [0.1, 0.15) is 44.6 Å². The summed E-state index contributed by atoms with van der Waals surface area (Å²) in [6.45, 7) is 3.08. The van der Waals surface area contributed by atoms with E-state index in [1.54, 1.807) is 0 Å². The van der Waals surface area contributed by atoms with Crippen molar-refractivity contribution in [2.24, 2.45) is 0 Å². The first-order valence-electron chi connectivity index (χ1n) is 7.35. The second-order valence-corrected chi connectivity index (χ2v) is 5.37. The molecule has 1 aliphatic heterocycles. The molecule has 0 aromatic heterocycles. The second-order valence-electron chi connectivity index (χ2n) is 5.37. The number of hydrogen-bond donors (Lipinski definition) is 1. The van der Waals surface area contributed by atoms with Crippen molar-refractivity contribution in [2.75, 3.05) is 12.3 Å². The molecular formula is C16H24N2O. The summed E-state index contributed by atoms with van der Waals surface area (Å²) < 4.78 is 0. The Morgan fingerprint density at radius 2 is 2.11 bits per heavy atom. The minimum Gasteiger partial charge on any atom is -0.398 e. The summed E-state index contributed by atoms with van der Waals surface area (Å²) >= 11 is 0. The molecule has 3 nitrogen and oxygen atoms in total. The van der Waals surface area contributed by atoms with Crippen molar-refractivity contribution in [2.45, 2.75) is 51.5 Å². The lowest BCUT2D eigenvalue weighted by molar-refractivity contribution is -0.132. The average Bonchev–Trinajstić information content (AvgIpc) is 2.66. The third-order valence-corrected chi connectivity index (χ3v) is 4.07. The van der Waals surface area contributed by atoms with E-state index >= 15 is 0 Å². The van der Waals surface area contributed by atoms with E-state index in [2.05, 4.69) is 11.8 Å². The first kappa shape index (κ1) is 13.9. The van der Waals surface area contributed by atoms with Gasteiger partial charge in [-0.05, 0) is 30.9 Å². The van der Waals surface area contributed by atoms with Crippen LogP contribution in [0.5, 0.6) is 0 Å². The topological polar surface area (TPSA) is 46.3 Å². The Balaban J connectivity index is 2.07. The number of anilines is 1. The van der Waals surface area contributed by atoms with Gasteiger partial charge in [-0.3, -0.25) is 4.79 Å². The summed E-state index contributed by atoms with van der Waals surface area (Å²) in [5, 5.41) is 0. The first-order chi connectivity index (χ1) is 9.22. The Labute approximate surface area is 115 Å². The number of carbonyl (C=O) groups is 1. The summed E-state index contributed by atoms with van der Waals surface area (Å²) in [6.07, 6.45) is 6.25. The van der Waals surface area contributed by atoms with Gasteiger partial charge < -0.3 is 10.6 Å². The quantitative estimate of drug-likeness (QED) is 0.849. The Bertz CT molecular complexity index is 431. The monoisotopic (exact) mass is 260 g/mol. The smallest absolute Gasteiger partial charge is 0.227 e. The van der Waals surface area contributed by atoms with Gasteiger partial charge in [-0.25, -0.2) is 0 Å². The highest BCUT2D eigenvalue weighted by Gasteiger charge is 2.24. The van der Waals surface area contributed by atoms with Crippen LogP contribution in [0.15, 0.2) is 24.3 Å². The van der Waals surface area contributed by atoms with E-state index in [9.17, 15) is 4.79 Å². The number of nitrogens with zero attached hydrogens (tertiary/aromatic N) is 1. The summed E-state index contributed by atoms with van der Waals surface area (Å²) in [7, 11) is 0. The Kier molecular flexibility index (Phi) is 4.83. The molecular weight excluding hydrogens is 236 g/mol. The minimum absolute atomic E-state index is 0.228. The fourth-order valence-electron chi connectivity index (χ4n) is 2.89. The Hall–Kier alpha value is -1.51. The number of nitrogens with two attached hydrogens (primary N) is 1. The first-order valence-corrected chi connectivity index (χ1v) is 7.35. The fourth-order valence-corrected chi connectivity index (χ4v) is 2.89. The van der Waals surface area contributed by atoms with E-state index in [-0.39, 0.29) is 5.91 Å². The van der Waals surface area contributed by atoms with Crippen molar-refractivity contribution < 1.29 is 4.79 Å². The van der Waals surface area contributed by atoms with Gasteiger partial charge in [0.25, 0.3) is 0 Å². The van der Waals surface area contributed by atoms with Crippen molar-refractivity contribution in [1.82, 2.24) is 4.90 Å². The molecule has 1 heterocycles. The second kappa shape index (κ2) is 6.60. The molecule has 1 aromatic carbocycles. The van der Waals surface area contributed by atoms with Crippen molar-refractivity contribution in [1.29, 1.82) is 0 Å². The minimum atomic E-state index is 0.228. The lowest BCUT2D eigenvalue weighted by Crippen LogP contribution is -2.40. The molecule has 3 heteroatoms. The van der Waals surface area contributed by atoms with E-state index in [1.807, 2.05) is 24.3 Å². The molecule has 0 radical (unpaired) electrons. The third-order valence-electron chi connectivity index (χ3n) is 4.07. The maximum absolute atomic E-state index is 12.5. The number of rotatable bonds is 3. The lowest BCUT2D eigenvalue weighted by atomic mass is 10.1. The molecule has 1 amide bonds. The zero-order valence-electron chi connectivity index (χ0n) is 11.8. The highest BCUT2D eigenvalue weighted by molar-refractivity contribution is 5.80. The normalized spacial score (nSPS) is 20.1. The molecule has 0 aliphatic carbocycles. The predicted octanol–water partition coefficient (Wildman–Crippen LogP) is 2.99. The van der Waals surface area contributed by atoms with Gasteiger partial charge in [0, 0.05) is 18.3 Å². The number of hydrogen-bond acceptors (Lipinski definition) is 2. The summed E-state index contributed by atoms with van der Waals surface area (Å²) in [5.74, 6) is 0.228. The average molecular weight is 260 g/mol. The van der Waals surface area contributed by atoms with E-state index < -0.39 is 0 Å². The van der Waals surface area contributed by atoms with Gasteiger partial charge in [-0.2, -0.15) is 0 Å². The Morgan fingerprint density at radius 1 is 1.32 bits per heavy atom. The van der Waals surface area contributed by atoms with Crippen LogP contribution in [-0.2, 0) is 11.2 Å². The standard InChI is InChI=1S/C16H24N2O/c1-2-14-9-4-3-7-11-18(14)16(19)12-13-8-5-6-10-15(13)17/h5-6,8,10,14H,2-4,7,9,11-12,17H2,1H3. The molecule has 0 bridgehead atoms. The van der Waals surface area contributed by atoms with E-state index in [4.69, 9.17) is 5.73 Å².